The monoisotopic (exact) mass is 402 g/mol. The fourth-order valence-electron chi connectivity index (χ4n) is 2.75. The molecule has 1 aliphatic rings. The first-order chi connectivity index (χ1) is 12.1. The van der Waals surface area contributed by atoms with Gasteiger partial charge in [0.2, 0.25) is 5.91 Å². The molecule has 0 saturated carbocycles. The number of halogens is 1. The van der Waals surface area contributed by atoms with Crippen LogP contribution in [0.5, 0.6) is 5.75 Å². The van der Waals surface area contributed by atoms with Gasteiger partial charge in [0.15, 0.2) is 0 Å². The van der Waals surface area contributed by atoms with Gasteiger partial charge in [-0.05, 0) is 30.3 Å². The van der Waals surface area contributed by atoms with Gasteiger partial charge >= 0.3 is 0 Å². The molecule has 5 nitrogen and oxygen atoms in total. The molecule has 2 N–H and O–H groups in total. The van der Waals surface area contributed by atoms with Crippen molar-refractivity contribution in [2.45, 2.75) is 18.9 Å². The number of ether oxygens (including phenoxy) is 1. The van der Waals surface area contributed by atoms with Crippen molar-refractivity contribution in [1.82, 2.24) is 10.6 Å². The smallest absolute Gasteiger partial charge is 0.251 e. The highest BCUT2D eigenvalue weighted by Gasteiger charge is 2.22. The van der Waals surface area contributed by atoms with Crippen LogP contribution in [0.2, 0.25) is 0 Å². The molecule has 0 radical (unpaired) electrons. The molecule has 2 aromatic rings. The molecule has 0 bridgehead atoms. The second kappa shape index (κ2) is 8.16. The Morgan fingerprint density at radius 1 is 1.12 bits per heavy atom. The van der Waals surface area contributed by atoms with Gasteiger partial charge in [-0.2, -0.15) is 0 Å². The number of hydrogen-bond donors (Lipinski definition) is 2. The summed E-state index contributed by atoms with van der Waals surface area (Å²) >= 11 is 3.33. The lowest BCUT2D eigenvalue weighted by Gasteiger charge is -2.26. The van der Waals surface area contributed by atoms with Gasteiger partial charge < -0.3 is 15.4 Å². The predicted molar refractivity (Wildman–Crippen MR) is 98.5 cm³/mol. The maximum absolute atomic E-state index is 12.2. The summed E-state index contributed by atoms with van der Waals surface area (Å²) in [5, 5.41) is 5.79. The molecule has 130 valence electrons. The minimum atomic E-state index is -0.184. The van der Waals surface area contributed by atoms with E-state index >= 15 is 0 Å². The number of nitrogens with one attached hydrogen (secondary N) is 2. The van der Waals surface area contributed by atoms with E-state index in [1.807, 2.05) is 36.4 Å². The fraction of sp³-hybridized carbons (Fsp3) is 0.263. The SMILES string of the molecule is O=C(CCNC(=O)c1ccc(Br)cc1)NC1CCOc2ccccc21. The fourth-order valence-corrected chi connectivity index (χ4v) is 3.02. The minimum Gasteiger partial charge on any atom is -0.493 e. The van der Waals surface area contributed by atoms with E-state index in [1.54, 1.807) is 12.1 Å². The first-order valence-corrected chi connectivity index (χ1v) is 8.97. The van der Waals surface area contributed by atoms with E-state index in [9.17, 15) is 9.59 Å². The van der Waals surface area contributed by atoms with Crippen LogP contribution in [0.4, 0.5) is 0 Å². The number of carbonyl (C=O) groups is 2. The third-order valence-electron chi connectivity index (χ3n) is 4.04. The Morgan fingerprint density at radius 3 is 2.68 bits per heavy atom. The summed E-state index contributed by atoms with van der Waals surface area (Å²) in [7, 11) is 0. The second-order valence-corrected chi connectivity index (χ2v) is 6.72. The van der Waals surface area contributed by atoms with Gasteiger partial charge in [0.25, 0.3) is 5.91 Å². The summed E-state index contributed by atoms with van der Waals surface area (Å²) in [6, 6.07) is 14.8. The van der Waals surface area contributed by atoms with E-state index in [0.717, 1.165) is 22.2 Å². The lowest BCUT2D eigenvalue weighted by Crippen LogP contribution is -2.34. The van der Waals surface area contributed by atoms with E-state index in [1.165, 1.54) is 0 Å². The summed E-state index contributed by atoms with van der Waals surface area (Å²) in [5.41, 5.74) is 1.57. The molecule has 1 aliphatic heterocycles. The first kappa shape index (κ1) is 17.5. The molecule has 1 atom stereocenters. The minimum absolute atomic E-state index is 0.0420. The van der Waals surface area contributed by atoms with Crippen LogP contribution in [0.1, 0.15) is 34.8 Å². The van der Waals surface area contributed by atoms with Crippen LogP contribution in [0, 0.1) is 0 Å². The number of hydrogen-bond acceptors (Lipinski definition) is 3. The van der Waals surface area contributed by atoms with Gasteiger partial charge in [0.1, 0.15) is 5.75 Å². The Kier molecular flexibility index (Phi) is 5.71. The molecule has 0 fully saturated rings. The summed E-state index contributed by atoms with van der Waals surface area (Å²) in [6.07, 6.45) is 0.982. The van der Waals surface area contributed by atoms with Crippen molar-refractivity contribution in [3.8, 4) is 5.75 Å². The maximum atomic E-state index is 12.2. The van der Waals surface area contributed by atoms with Crippen molar-refractivity contribution >= 4 is 27.7 Å². The number of benzene rings is 2. The standard InChI is InChI=1S/C19H19BrN2O3/c20-14-7-5-13(6-8-14)19(24)21-11-9-18(23)22-16-10-12-25-17-4-2-1-3-15(16)17/h1-8,16H,9-12H2,(H,21,24)(H,22,23). The van der Waals surface area contributed by atoms with E-state index in [-0.39, 0.29) is 24.3 Å². The van der Waals surface area contributed by atoms with E-state index in [0.29, 0.717) is 18.7 Å². The Hall–Kier alpha value is -2.34. The summed E-state index contributed by atoms with van der Waals surface area (Å²) < 4.78 is 6.51. The van der Waals surface area contributed by atoms with Crippen LogP contribution < -0.4 is 15.4 Å². The zero-order chi connectivity index (χ0) is 17.6. The molecule has 25 heavy (non-hydrogen) atoms. The van der Waals surface area contributed by atoms with Gasteiger partial charge in [-0.3, -0.25) is 9.59 Å². The number of rotatable bonds is 5. The van der Waals surface area contributed by atoms with Crippen molar-refractivity contribution < 1.29 is 14.3 Å². The van der Waals surface area contributed by atoms with Gasteiger partial charge in [0, 0.05) is 35.0 Å². The molecular formula is C19H19BrN2O3. The van der Waals surface area contributed by atoms with Crippen molar-refractivity contribution in [3.63, 3.8) is 0 Å². The van der Waals surface area contributed by atoms with Crippen LogP contribution in [-0.4, -0.2) is 25.0 Å². The van der Waals surface area contributed by atoms with Crippen LogP contribution >= 0.6 is 15.9 Å². The van der Waals surface area contributed by atoms with Crippen LogP contribution in [-0.2, 0) is 4.79 Å². The zero-order valence-electron chi connectivity index (χ0n) is 13.6. The third-order valence-corrected chi connectivity index (χ3v) is 4.57. The highest BCUT2D eigenvalue weighted by Crippen LogP contribution is 2.31. The average molecular weight is 403 g/mol. The molecule has 0 spiro atoms. The van der Waals surface area contributed by atoms with Crippen molar-refractivity contribution in [1.29, 1.82) is 0 Å². The quantitative estimate of drug-likeness (QED) is 0.806. The van der Waals surface area contributed by atoms with E-state index in [4.69, 9.17) is 4.74 Å². The number of para-hydroxylation sites is 1. The number of carbonyl (C=O) groups excluding carboxylic acids is 2. The number of fused-ring (bicyclic) bond motifs is 1. The Balaban J connectivity index is 1.47. The van der Waals surface area contributed by atoms with E-state index in [2.05, 4.69) is 26.6 Å². The molecule has 2 aromatic carbocycles. The maximum Gasteiger partial charge on any atom is 0.251 e. The predicted octanol–water partition coefficient (Wildman–Crippen LogP) is 3.21. The van der Waals surface area contributed by atoms with Gasteiger partial charge in [0.05, 0.1) is 12.6 Å². The molecule has 6 heteroatoms. The van der Waals surface area contributed by atoms with Crippen LogP contribution in [0.15, 0.2) is 53.0 Å². The highest BCUT2D eigenvalue weighted by atomic mass is 79.9. The molecule has 2 amide bonds. The molecule has 3 rings (SSSR count). The molecule has 0 aromatic heterocycles. The molecular weight excluding hydrogens is 384 g/mol. The topological polar surface area (TPSA) is 67.4 Å². The van der Waals surface area contributed by atoms with Crippen LogP contribution in [0.3, 0.4) is 0 Å². The third kappa shape index (κ3) is 4.60. The van der Waals surface area contributed by atoms with Gasteiger partial charge in [-0.15, -0.1) is 0 Å². The van der Waals surface area contributed by atoms with E-state index < -0.39 is 0 Å². The lowest BCUT2D eigenvalue weighted by molar-refractivity contribution is -0.121. The van der Waals surface area contributed by atoms with Crippen molar-refractivity contribution in [2.24, 2.45) is 0 Å². The Morgan fingerprint density at radius 2 is 1.88 bits per heavy atom. The van der Waals surface area contributed by atoms with Gasteiger partial charge in [-0.25, -0.2) is 0 Å². The zero-order valence-corrected chi connectivity index (χ0v) is 15.2. The molecule has 0 aliphatic carbocycles. The number of amides is 2. The Labute approximate surface area is 154 Å². The molecule has 0 saturated heterocycles. The van der Waals surface area contributed by atoms with Crippen molar-refractivity contribution in [3.05, 3.63) is 64.1 Å². The highest BCUT2D eigenvalue weighted by molar-refractivity contribution is 9.10. The summed E-state index contributed by atoms with van der Waals surface area (Å²) in [5.74, 6) is 0.553. The normalized spacial score (nSPS) is 15.6. The first-order valence-electron chi connectivity index (χ1n) is 8.18. The Bertz CT molecular complexity index is 762. The second-order valence-electron chi connectivity index (χ2n) is 5.81. The summed E-state index contributed by atoms with van der Waals surface area (Å²) in [4.78, 5) is 24.2. The van der Waals surface area contributed by atoms with Gasteiger partial charge in [-0.1, -0.05) is 34.1 Å². The largest absolute Gasteiger partial charge is 0.493 e. The lowest BCUT2D eigenvalue weighted by atomic mass is 10.0. The van der Waals surface area contributed by atoms with Crippen molar-refractivity contribution in [2.75, 3.05) is 13.2 Å². The molecule has 1 unspecified atom stereocenters. The van der Waals surface area contributed by atoms with Crippen LogP contribution in [0.25, 0.3) is 0 Å². The molecule has 1 heterocycles. The summed E-state index contributed by atoms with van der Waals surface area (Å²) in [6.45, 7) is 0.883. The average Bonchev–Trinajstić information content (AvgIpc) is 2.62.